The fourth-order valence-electron chi connectivity index (χ4n) is 2.30. The lowest BCUT2D eigenvalue weighted by Gasteiger charge is -2.10. The molecule has 0 saturated carbocycles. The molecule has 3 N–H and O–H groups in total. The fraction of sp³-hybridized carbons (Fsp3) is 0.263. The third-order valence-corrected chi connectivity index (χ3v) is 3.50. The zero-order chi connectivity index (χ0) is 17.7. The number of carbonyl (C=O) groups is 2. The van der Waals surface area contributed by atoms with Crippen molar-refractivity contribution in [3.05, 3.63) is 59.7 Å². The monoisotopic (exact) mass is 327 g/mol. The highest BCUT2D eigenvalue weighted by atomic mass is 16.5. The average Bonchev–Trinajstić information content (AvgIpc) is 2.54. The number of hydrogen-bond donors (Lipinski definition) is 2. The lowest BCUT2D eigenvalue weighted by Crippen LogP contribution is -2.32. The Morgan fingerprint density at radius 3 is 2.33 bits per heavy atom. The van der Waals surface area contributed by atoms with Crippen molar-refractivity contribution in [3.8, 4) is 11.1 Å². The SMILES string of the molecule is CC(C)OC(=O)c1ccc(-c2cccc(CC(N)C(=O)O)c2)cc1. The fourth-order valence-corrected chi connectivity index (χ4v) is 2.30. The minimum atomic E-state index is -1.02. The van der Waals surface area contributed by atoms with E-state index in [1.54, 1.807) is 26.0 Å². The first-order valence-corrected chi connectivity index (χ1v) is 7.75. The van der Waals surface area contributed by atoms with Gasteiger partial charge in [0, 0.05) is 0 Å². The molecule has 0 fully saturated rings. The van der Waals surface area contributed by atoms with Crippen molar-refractivity contribution in [1.82, 2.24) is 0 Å². The number of carboxylic acid groups (broad SMARTS) is 1. The van der Waals surface area contributed by atoms with Gasteiger partial charge in [0.05, 0.1) is 11.7 Å². The number of aliphatic carboxylic acids is 1. The van der Waals surface area contributed by atoms with Gasteiger partial charge in [-0.15, -0.1) is 0 Å². The molecule has 126 valence electrons. The number of benzene rings is 2. The molecule has 0 amide bonds. The second-order valence-electron chi connectivity index (χ2n) is 5.88. The molecule has 2 rings (SSSR count). The van der Waals surface area contributed by atoms with E-state index < -0.39 is 12.0 Å². The summed E-state index contributed by atoms with van der Waals surface area (Å²) in [7, 11) is 0. The Hall–Kier alpha value is -2.66. The highest BCUT2D eigenvalue weighted by Gasteiger charge is 2.13. The van der Waals surface area contributed by atoms with Crippen LogP contribution in [-0.2, 0) is 16.0 Å². The second-order valence-corrected chi connectivity index (χ2v) is 5.88. The van der Waals surface area contributed by atoms with Crippen molar-refractivity contribution in [2.75, 3.05) is 0 Å². The number of nitrogens with two attached hydrogens (primary N) is 1. The van der Waals surface area contributed by atoms with E-state index in [9.17, 15) is 9.59 Å². The van der Waals surface area contributed by atoms with E-state index in [1.165, 1.54) is 0 Å². The Morgan fingerprint density at radius 1 is 1.08 bits per heavy atom. The maximum Gasteiger partial charge on any atom is 0.338 e. The van der Waals surface area contributed by atoms with Crippen LogP contribution < -0.4 is 5.73 Å². The highest BCUT2D eigenvalue weighted by Crippen LogP contribution is 2.22. The quantitative estimate of drug-likeness (QED) is 0.796. The standard InChI is InChI=1S/C19H21NO4/c1-12(2)24-19(23)15-8-6-14(7-9-15)16-5-3-4-13(10-16)11-17(20)18(21)22/h3-10,12,17H,11,20H2,1-2H3,(H,21,22). The predicted molar refractivity (Wildman–Crippen MR) is 91.7 cm³/mol. The van der Waals surface area contributed by atoms with Crippen LogP contribution in [0.15, 0.2) is 48.5 Å². The van der Waals surface area contributed by atoms with Crippen LogP contribution in [0, 0.1) is 0 Å². The number of carbonyl (C=O) groups excluding carboxylic acids is 1. The van der Waals surface area contributed by atoms with E-state index >= 15 is 0 Å². The van der Waals surface area contributed by atoms with Gasteiger partial charge >= 0.3 is 11.9 Å². The summed E-state index contributed by atoms with van der Waals surface area (Å²) < 4.78 is 5.16. The molecule has 0 aliphatic heterocycles. The number of esters is 1. The van der Waals surface area contributed by atoms with Gasteiger partial charge in [0.1, 0.15) is 6.04 Å². The van der Waals surface area contributed by atoms with Crippen LogP contribution in [0.25, 0.3) is 11.1 Å². The van der Waals surface area contributed by atoms with Crippen LogP contribution in [0.2, 0.25) is 0 Å². The molecule has 1 unspecified atom stereocenters. The maximum absolute atomic E-state index is 11.9. The maximum atomic E-state index is 11.9. The zero-order valence-corrected chi connectivity index (χ0v) is 13.7. The largest absolute Gasteiger partial charge is 0.480 e. The Morgan fingerprint density at radius 2 is 1.75 bits per heavy atom. The van der Waals surface area contributed by atoms with Crippen molar-refractivity contribution >= 4 is 11.9 Å². The molecule has 2 aromatic carbocycles. The van der Waals surface area contributed by atoms with Crippen LogP contribution in [-0.4, -0.2) is 29.2 Å². The molecule has 24 heavy (non-hydrogen) atoms. The summed E-state index contributed by atoms with van der Waals surface area (Å²) >= 11 is 0. The molecule has 5 heteroatoms. The minimum absolute atomic E-state index is 0.160. The van der Waals surface area contributed by atoms with Gasteiger partial charge in [0.2, 0.25) is 0 Å². The smallest absolute Gasteiger partial charge is 0.338 e. The van der Waals surface area contributed by atoms with E-state index in [4.69, 9.17) is 15.6 Å². The summed E-state index contributed by atoms with van der Waals surface area (Å²) in [6.45, 7) is 3.61. The number of carboxylic acids is 1. The number of rotatable bonds is 6. The van der Waals surface area contributed by atoms with Crippen molar-refractivity contribution in [1.29, 1.82) is 0 Å². The lowest BCUT2D eigenvalue weighted by atomic mass is 9.99. The van der Waals surface area contributed by atoms with Crippen LogP contribution in [0.3, 0.4) is 0 Å². The lowest BCUT2D eigenvalue weighted by molar-refractivity contribution is -0.138. The molecular weight excluding hydrogens is 306 g/mol. The third kappa shape index (κ3) is 4.67. The molecule has 0 aromatic heterocycles. The third-order valence-electron chi connectivity index (χ3n) is 3.50. The first kappa shape index (κ1) is 17.7. The van der Waals surface area contributed by atoms with Crippen LogP contribution >= 0.6 is 0 Å². The molecule has 2 aromatic rings. The van der Waals surface area contributed by atoms with E-state index in [2.05, 4.69) is 0 Å². The Kier molecular flexibility index (Phi) is 5.71. The highest BCUT2D eigenvalue weighted by molar-refractivity contribution is 5.90. The van der Waals surface area contributed by atoms with Gasteiger partial charge in [-0.1, -0.05) is 36.4 Å². The summed E-state index contributed by atoms with van der Waals surface area (Å²) in [5, 5.41) is 8.91. The molecule has 0 aliphatic carbocycles. The molecule has 0 bridgehead atoms. The number of hydrogen-bond acceptors (Lipinski definition) is 4. The molecule has 5 nitrogen and oxygen atoms in total. The van der Waals surface area contributed by atoms with Crippen LogP contribution in [0.1, 0.15) is 29.8 Å². The second kappa shape index (κ2) is 7.75. The summed E-state index contributed by atoms with van der Waals surface area (Å²) in [5.41, 5.74) is 8.80. The van der Waals surface area contributed by atoms with E-state index in [1.807, 2.05) is 36.4 Å². The van der Waals surface area contributed by atoms with E-state index in [0.29, 0.717) is 5.56 Å². The van der Waals surface area contributed by atoms with Gasteiger partial charge in [-0.3, -0.25) is 4.79 Å². The van der Waals surface area contributed by atoms with Crippen molar-refractivity contribution in [2.45, 2.75) is 32.4 Å². The topological polar surface area (TPSA) is 89.6 Å². The predicted octanol–water partition coefficient (Wildman–Crippen LogP) is 2.87. The minimum Gasteiger partial charge on any atom is -0.480 e. The van der Waals surface area contributed by atoms with Gasteiger partial charge in [0.15, 0.2) is 0 Å². The summed E-state index contributed by atoms with van der Waals surface area (Å²) in [5.74, 6) is -1.37. The van der Waals surface area contributed by atoms with Crippen molar-refractivity contribution in [3.63, 3.8) is 0 Å². The first-order chi connectivity index (χ1) is 11.4. The Labute approximate surface area is 141 Å². The average molecular weight is 327 g/mol. The normalized spacial score (nSPS) is 12.0. The van der Waals surface area contributed by atoms with E-state index in [0.717, 1.165) is 16.7 Å². The molecule has 0 heterocycles. The van der Waals surface area contributed by atoms with Gasteiger partial charge < -0.3 is 15.6 Å². The molecular formula is C19H21NO4. The van der Waals surface area contributed by atoms with Crippen LogP contribution in [0.5, 0.6) is 0 Å². The van der Waals surface area contributed by atoms with E-state index in [-0.39, 0.29) is 18.5 Å². The molecule has 0 saturated heterocycles. The Bertz CT molecular complexity index is 722. The Balaban J connectivity index is 2.17. The number of ether oxygens (including phenoxy) is 1. The summed E-state index contributed by atoms with van der Waals surface area (Å²) in [4.78, 5) is 22.7. The molecule has 0 radical (unpaired) electrons. The summed E-state index contributed by atoms with van der Waals surface area (Å²) in [6.07, 6.45) is 0.106. The first-order valence-electron chi connectivity index (χ1n) is 7.75. The molecule has 0 spiro atoms. The van der Waals surface area contributed by atoms with Gasteiger partial charge in [0.25, 0.3) is 0 Å². The molecule has 0 aliphatic rings. The van der Waals surface area contributed by atoms with Crippen LogP contribution in [0.4, 0.5) is 0 Å². The zero-order valence-electron chi connectivity index (χ0n) is 13.7. The molecule has 1 atom stereocenters. The van der Waals surface area contributed by atoms with Gasteiger partial charge in [-0.2, -0.15) is 0 Å². The van der Waals surface area contributed by atoms with Gasteiger partial charge in [-0.25, -0.2) is 4.79 Å². The van der Waals surface area contributed by atoms with Gasteiger partial charge in [-0.05, 0) is 49.1 Å². The summed E-state index contributed by atoms with van der Waals surface area (Å²) in [6, 6.07) is 13.7. The van der Waals surface area contributed by atoms with Crippen molar-refractivity contribution < 1.29 is 19.4 Å². The van der Waals surface area contributed by atoms with Crippen molar-refractivity contribution in [2.24, 2.45) is 5.73 Å².